The third-order valence-electron chi connectivity index (χ3n) is 2.37. The molecule has 0 atom stereocenters. The number of benzene rings is 1. The number of carbonyl (C=O) groups is 2. The average Bonchev–Trinajstić information content (AvgIpc) is 2.85. The van der Waals surface area contributed by atoms with E-state index in [1.165, 1.54) is 17.8 Å². The summed E-state index contributed by atoms with van der Waals surface area (Å²) < 4.78 is 0. The van der Waals surface area contributed by atoms with Gasteiger partial charge in [0, 0.05) is 6.54 Å². The highest BCUT2D eigenvalue weighted by Crippen LogP contribution is 2.18. The number of thioether (sulfide) groups is 1. The number of urea groups is 1. The second-order valence-electron chi connectivity index (χ2n) is 3.89. The highest BCUT2D eigenvalue weighted by atomic mass is 32.2. The lowest BCUT2D eigenvalue weighted by atomic mass is 10.3. The number of carbonyl (C=O) groups excluding carboxylic acids is 2. The molecular formula is C13H14N4O2S. The Morgan fingerprint density at radius 3 is 2.95 bits per heavy atom. The smallest absolute Gasteiger partial charge is 0.321 e. The Kier molecular flexibility index (Phi) is 4.78. The fraction of sp³-hybridized carbons (Fsp3) is 0.154. The molecule has 0 unspecified atom stereocenters. The van der Waals surface area contributed by atoms with Gasteiger partial charge in [-0.15, -0.1) is 6.58 Å². The molecule has 0 aliphatic heterocycles. The minimum atomic E-state index is -0.528. The molecule has 0 bridgehead atoms. The first kappa shape index (κ1) is 14.1. The van der Waals surface area contributed by atoms with Gasteiger partial charge >= 0.3 is 6.03 Å². The molecule has 3 amide bonds. The van der Waals surface area contributed by atoms with Crippen LogP contribution in [0.5, 0.6) is 0 Å². The molecule has 0 radical (unpaired) electrons. The van der Waals surface area contributed by atoms with Crippen LogP contribution in [0.15, 0.2) is 42.1 Å². The average molecular weight is 290 g/mol. The molecule has 3 N–H and O–H groups in total. The maximum Gasteiger partial charge on any atom is 0.321 e. The van der Waals surface area contributed by atoms with Gasteiger partial charge in [-0.25, -0.2) is 9.78 Å². The van der Waals surface area contributed by atoms with Crippen molar-refractivity contribution in [2.75, 3.05) is 12.3 Å². The molecule has 1 aromatic heterocycles. The molecule has 6 nitrogen and oxygen atoms in total. The number of hydrogen-bond acceptors (Lipinski definition) is 4. The zero-order valence-corrected chi connectivity index (χ0v) is 11.5. The molecule has 0 fully saturated rings. The lowest BCUT2D eigenvalue weighted by Gasteiger charge is -2.03. The Balaban J connectivity index is 1.83. The monoisotopic (exact) mass is 290 g/mol. The van der Waals surface area contributed by atoms with Gasteiger partial charge in [-0.1, -0.05) is 30.0 Å². The largest absolute Gasteiger partial charge is 0.334 e. The van der Waals surface area contributed by atoms with Crippen LogP contribution in [0, 0.1) is 0 Å². The summed E-state index contributed by atoms with van der Waals surface area (Å²) in [5.74, 6) is -0.265. The van der Waals surface area contributed by atoms with Gasteiger partial charge in [-0.2, -0.15) is 0 Å². The number of imide groups is 1. The van der Waals surface area contributed by atoms with Crippen molar-refractivity contribution in [3.63, 3.8) is 0 Å². The summed E-state index contributed by atoms with van der Waals surface area (Å²) in [6, 6.07) is 7.08. The van der Waals surface area contributed by atoms with Gasteiger partial charge in [0.1, 0.15) is 0 Å². The van der Waals surface area contributed by atoms with Crippen LogP contribution in [0.3, 0.4) is 0 Å². The van der Waals surface area contributed by atoms with Crippen LogP contribution < -0.4 is 10.6 Å². The zero-order valence-electron chi connectivity index (χ0n) is 10.7. The quantitative estimate of drug-likeness (QED) is 0.577. The predicted octanol–water partition coefficient (Wildman–Crippen LogP) is 1.67. The number of fused-ring (bicyclic) bond motifs is 1. The number of H-pyrrole nitrogens is 1. The normalized spacial score (nSPS) is 10.2. The molecule has 2 aromatic rings. The van der Waals surface area contributed by atoms with Gasteiger partial charge in [0.2, 0.25) is 5.91 Å². The van der Waals surface area contributed by atoms with E-state index in [9.17, 15) is 9.59 Å². The third-order valence-corrected chi connectivity index (χ3v) is 3.24. The number of nitrogens with zero attached hydrogens (tertiary/aromatic N) is 1. The van der Waals surface area contributed by atoms with E-state index < -0.39 is 6.03 Å². The highest BCUT2D eigenvalue weighted by Gasteiger charge is 2.09. The Labute approximate surface area is 120 Å². The van der Waals surface area contributed by atoms with E-state index in [-0.39, 0.29) is 11.7 Å². The Morgan fingerprint density at radius 2 is 2.20 bits per heavy atom. The van der Waals surface area contributed by atoms with Crippen LogP contribution in [0.2, 0.25) is 0 Å². The maximum absolute atomic E-state index is 11.5. The number of rotatable bonds is 5. The van der Waals surface area contributed by atoms with Gasteiger partial charge in [0.15, 0.2) is 5.16 Å². The van der Waals surface area contributed by atoms with Gasteiger partial charge in [0.05, 0.1) is 16.8 Å². The molecule has 104 valence electrons. The molecule has 0 saturated heterocycles. The lowest BCUT2D eigenvalue weighted by molar-refractivity contribution is -0.117. The number of aromatic nitrogens is 2. The molecule has 0 aliphatic rings. The van der Waals surface area contributed by atoms with Crippen molar-refractivity contribution < 1.29 is 9.59 Å². The second kappa shape index (κ2) is 6.76. The van der Waals surface area contributed by atoms with E-state index >= 15 is 0 Å². The minimum Gasteiger partial charge on any atom is -0.334 e. The number of aromatic amines is 1. The van der Waals surface area contributed by atoms with Crippen molar-refractivity contribution in [2.24, 2.45) is 0 Å². The molecule has 7 heteroatoms. The predicted molar refractivity (Wildman–Crippen MR) is 78.6 cm³/mol. The summed E-state index contributed by atoms with van der Waals surface area (Å²) in [6.07, 6.45) is 1.53. The van der Waals surface area contributed by atoms with Crippen molar-refractivity contribution in [1.82, 2.24) is 20.6 Å². The van der Waals surface area contributed by atoms with Crippen LogP contribution in [-0.4, -0.2) is 34.2 Å². The van der Waals surface area contributed by atoms with E-state index in [0.29, 0.717) is 11.7 Å². The zero-order chi connectivity index (χ0) is 14.4. The van der Waals surface area contributed by atoms with E-state index in [2.05, 4.69) is 27.2 Å². The molecule has 20 heavy (non-hydrogen) atoms. The summed E-state index contributed by atoms with van der Waals surface area (Å²) >= 11 is 1.24. The number of amides is 3. The number of imidazole rings is 1. The van der Waals surface area contributed by atoms with Crippen molar-refractivity contribution in [3.8, 4) is 0 Å². The summed E-state index contributed by atoms with van der Waals surface area (Å²) in [6.45, 7) is 3.78. The standard InChI is InChI=1S/C13H14N4O2S/c1-2-7-14-12(19)17-11(18)8-20-13-15-9-5-3-4-6-10(9)16-13/h2-6H,1,7-8H2,(H,15,16)(H2,14,17,18,19). The number of hydrogen-bond donors (Lipinski definition) is 3. The van der Waals surface area contributed by atoms with E-state index in [0.717, 1.165) is 11.0 Å². The lowest BCUT2D eigenvalue weighted by Crippen LogP contribution is -2.40. The first-order valence-electron chi connectivity index (χ1n) is 5.95. The Hall–Kier alpha value is -2.28. The van der Waals surface area contributed by atoms with Crippen LogP contribution in [0.4, 0.5) is 4.79 Å². The van der Waals surface area contributed by atoms with Crippen molar-refractivity contribution in [1.29, 1.82) is 0 Å². The minimum absolute atomic E-state index is 0.112. The topological polar surface area (TPSA) is 86.9 Å². The third kappa shape index (κ3) is 3.86. The number of para-hydroxylation sites is 2. The van der Waals surface area contributed by atoms with Crippen molar-refractivity contribution in [3.05, 3.63) is 36.9 Å². The Morgan fingerprint density at radius 1 is 1.40 bits per heavy atom. The summed E-state index contributed by atoms with van der Waals surface area (Å²) in [5.41, 5.74) is 1.76. The molecule has 0 aliphatic carbocycles. The fourth-order valence-electron chi connectivity index (χ4n) is 1.50. The SMILES string of the molecule is C=CCNC(=O)NC(=O)CSc1nc2ccccc2[nH]1. The molecule has 0 saturated carbocycles. The van der Waals surface area contributed by atoms with Gasteiger partial charge < -0.3 is 10.3 Å². The second-order valence-corrected chi connectivity index (χ2v) is 4.86. The molecule has 1 aromatic carbocycles. The molecule has 1 heterocycles. The van der Waals surface area contributed by atoms with Crippen LogP contribution >= 0.6 is 11.8 Å². The Bertz CT molecular complexity index is 605. The highest BCUT2D eigenvalue weighted by molar-refractivity contribution is 7.99. The van der Waals surface area contributed by atoms with Gasteiger partial charge in [-0.05, 0) is 12.1 Å². The number of nitrogens with one attached hydrogen (secondary N) is 3. The first-order valence-corrected chi connectivity index (χ1v) is 6.93. The van der Waals surface area contributed by atoms with Crippen LogP contribution in [0.25, 0.3) is 11.0 Å². The molecule has 2 rings (SSSR count). The van der Waals surface area contributed by atoms with Crippen molar-refractivity contribution >= 4 is 34.7 Å². The first-order chi connectivity index (χ1) is 9.69. The maximum atomic E-state index is 11.5. The van der Waals surface area contributed by atoms with E-state index in [1.807, 2.05) is 24.3 Å². The van der Waals surface area contributed by atoms with Gasteiger partial charge in [0.25, 0.3) is 0 Å². The van der Waals surface area contributed by atoms with E-state index in [4.69, 9.17) is 0 Å². The summed E-state index contributed by atoms with van der Waals surface area (Å²) in [7, 11) is 0. The van der Waals surface area contributed by atoms with Crippen LogP contribution in [0.1, 0.15) is 0 Å². The summed E-state index contributed by atoms with van der Waals surface area (Å²) in [5, 5.41) is 5.33. The van der Waals surface area contributed by atoms with E-state index in [1.54, 1.807) is 0 Å². The molecule has 0 spiro atoms. The molecular weight excluding hydrogens is 276 g/mol. The van der Waals surface area contributed by atoms with Gasteiger partial charge in [-0.3, -0.25) is 10.1 Å². The van der Waals surface area contributed by atoms with Crippen LogP contribution in [-0.2, 0) is 4.79 Å². The summed E-state index contributed by atoms with van der Waals surface area (Å²) in [4.78, 5) is 30.2. The fourth-order valence-corrected chi connectivity index (χ4v) is 2.19. The van der Waals surface area contributed by atoms with Crippen molar-refractivity contribution in [2.45, 2.75) is 5.16 Å².